The Hall–Kier alpha value is -3.42. The normalized spacial score (nSPS) is 10.1. The molecule has 2 aromatic carbocycles. The third-order valence-electron chi connectivity index (χ3n) is 4.22. The average molecular weight is 401 g/mol. The molecule has 2 amide bonds. The minimum absolute atomic E-state index is 0.0942. The molecular formula is C21H27N3O5. The van der Waals surface area contributed by atoms with E-state index in [9.17, 15) is 9.59 Å². The average Bonchev–Trinajstić information content (AvgIpc) is 2.72. The van der Waals surface area contributed by atoms with Crippen LogP contribution in [0.1, 0.15) is 18.1 Å². The number of methoxy groups -OCH3 is 2. The van der Waals surface area contributed by atoms with Gasteiger partial charge >= 0.3 is 6.09 Å². The highest BCUT2D eigenvalue weighted by Gasteiger charge is 2.10. The summed E-state index contributed by atoms with van der Waals surface area (Å²) < 4.78 is 15.4. The van der Waals surface area contributed by atoms with Gasteiger partial charge < -0.3 is 24.8 Å². The fourth-order valence-electron chi connectivity index (χ4n) is 2.67. The quantitative estimate of drug-likeness (QED) is 0.596. The summed E-state index contributed by atoms with van der Waals surface area (Å²) in [6.45, 7) is 4.35. The van der Waals surface area contributed by atoms with Gasteiger partial charge in [0, 0.05) is 17.9 Å². The maximum atomic E-state index is 12.2. The van der Waals surface area contributed by atoms with E-state index >= 15 is 0 Å². The highest BCUT2D eigenvalue weighted by molar-refractivity contribution is 5.87. The fraction of sp³-hybridized carbons (Fsp3) is 0.333. The number of carbonyl (C=O) groups excluding carboxylic acids is 2. The molecule has 0 fully saturated rings. The first-order chi connectivity index (χ1) is 14.0. The van der Waals surface area contributed by atoms with Crippen LogP contribution in [0.4, 0.5) is 16.2 Å². The lowest BCUT2D eigenvalue weighted by atomic mass is 10.1. The zero-order valence-corrected chi connectivity index (χ0v) is 17.1. The van der Waals surface area contributed by atoms with E-state index in [1.807, 2.05) is 25.1 Å². The number of benzene rings is 2. The number of hydrogen-bond acceptors (Lipinski definition) is 6. The van der Waals surface area contributed by atoms with E-state index in [2.05, 4.69) is 16.0 Å². The molecule has 0 aromatic heterocycles. The summed E-state index contributed by atoms with van der Waals surface area (Å²) in [6, 6.07) is 10.9. The molecule has 0 aliphatic carbocycles. The molecule has 0 radical (unpaired) electrons. The van der Waals surface area contributed by atoms with Gasteiger partial charge in [0.05, 0.1) is 27.4 Å². The molecule has 156 valence electrons. The largest absolute Gasteiger partial charge is 0.493 e. The van der Waals surface area contributed by atoms with Crippen LogP contribution in [-0.2, 0) is 16.1 Å². The smallest absolute Gasteiger partial charge is 0.411 e. The summed E-state index contributed by atoms with van der Waals surface area (Å²) in [5.74, 6) is 1.08. The van der Waals surface area contributed by atoms with Crippen molar-refractivity contribution in [3.63, 3.8) is 0 Å². The first-order valence-electron chi connectivity index (χ1n) is 9.23. The number of rotatable bonds is 9. The van der Waals surface area contributed by atoms with Gasteiger partial charge in [-0.2, -0.15) is 0 Å². The number of anilines is 2. The summed E-state index contributed by atoms with van der Waals surface area (Å²) in [7, 11) is 3.14. The summed E-state index contributed by atoms with van der Waals surface area (Å²) in [6.07, 6.45) is -0.514. The van der Waals surface area contributed by atoms with Gasteiger partial charge in [0.15, 0.2) is 11.5 Å². The van der Waals surface area contributed by atoms with Gasteiger partial charge in [0.1, 0.15) is 0 Å². The third kappa shape index (κ3) is 6.31. The number of nitrogens with one attached hydrogen (secondary N) is 3. The maximum absolute atomic E-state index is 12.2. The van der Waals surface area contributed by atoms with Crippen molar-refractivity contribution in [2.45, 2.75) is 20.4 Å². The molecule has 29 heavy (non-hydrogen) atoms. The lowest BCUT2D eigenvalue weighted by Crippen LogP contribution is -2.29. The summed E-state index contributed by atoms with van der Waals surface area (Å²) in [5, 5.41) is 8.62. The lowest BCUT2D eigenvalue weighted by molar-refractivity contribution is -0.119. The Labute approximate surface area is 170 Å². The molecule has 0 atom stereocenters. The third-order valence-corrected chi connectivity index (χ3v) is 4.22. The Kier molecular flexibility index (Phi) is 8.14. The molecule has 0 aliphatic heterocycles. The Morgan fingerprint density at radius 3 is 2.41 bits per heavy atom. The number of ether oxygens (including phenoxy) is 3. The molecule has 8 heteroatoms. The van der Waals surface area contributed by atoms with Gasteiger partial charge in [0.2, 0.25) is 5.91 Å². The summed E-state index contributed by atoms with van der Waals surface area (Å²) in [4.78, 5) is 23.8. The molecular weight excluding hydrogens is 374 g/mol. The molecule has 0 saturated heterocycles. The fourth-order valence-corrected chi connectivity index (χ4v) is 2.67. The van der Waals surface area contributed by atoms with E-state index in [-0.39, 0.29) is 12.5 Å². The zero-order valence-electron chi connectivity index (χ0n) is 17.1. The van der Waals surface area contributed by atoms with Crippen molar-refractivity contribution in [3.8, 4) is 11.5 Å². The topological polar surface area (TPSA) is 97.9 Å². The van der Waals surface area contributed by atoms with Crippen LogP contribution >= 0.6 is 0 Å². The van der Waals surface area contributed by atoms with Gasteiger partial charge in [-0.3, -0.25) is 10.1 Å². The molecule has 0 spiro atoms. The molecule has 0 unspecified atom stereocenters. The van der Waals surface area contributed by atoms with Crippen LogP contribution in [0.3, 0.4) is 0 Å². The second-order valence-electron chi connectivity index (χ2n) is 6.14. The van der Waals surface area contributed by atoms with E-state index < -0.39 is 6.09 Å². The minimum Gasteiger partial charge on any atom is -0.493 e. The Balaban J connectivity index is 1.90. The zero-order chi connectivity index (χ0) is 21.2. The van der Waals surface area contributed by atoms with E-state index in [1.165, 1.54) is 0 Å². The van der Waals surface area contributed by atoms with Gasteiger partial charge in [-0.1, -0.05) is 12.1 Å². The molecule has 2 rings (SSSR count). The van der Waals surface area contributed by atoms with E-state index in [4.69, 9.17) is 14.2 Å². The second kappa shape index (κ2) is 10.8. The predicted octanol–water partition coefficient (Wildman–Crippen LogP) is 3.31. The van der Waals surface area contributed by atoms with Crippen LogP contribution in [-0.4, -0.2) is 39.4 Å². The van der Waals surface area contributed by atoms with Gasteiger partial charge in [-0.25, -0.2) is 4.79 Å². The van der Waals surface area contributed by atoms with Gasteiger partial charge in [0.25, 0.3) is 0 Å². The predicted molar refractivity (Wildman–Crippen MR) is 112 cm³/mol. The monoisotopic (exact) mass is 401 g/mol. The van der Waals surface area contributed by atoms with Crippen LogP contribution in [0.25, 0.3) is 0 Å². The molecule has 0 heterocycles. The Morgan fingerprint density at radius 2 is 1.72 bits per heavy atom. The molecule has 2 aromatic rings. The number of amides is 2. The maximum Gasteiger partial charge on any atom is 0.411 e. The van der Waals surface area contributed by atoms with Crippen LogP contribution in [0.15, 0.2) is 36.4 Å². The van der Waals surface area contributed by atoms with Crippen LogP contribution in [0.2, 0.25) is 0 Å². The SMILES string of the molecule is CCOC(=O)Nc1cccc(NCC(=O)NCc2ccc(OC)c(OC)c2)c1C. The van der Waals surface area contributed by atoms with Crippen LogP contribution in [0, 0.1) is 6.92 Å². The van der Waals surface area contributed by atoms with E-state index in [0.717, 1.165) is 16.8 Å². The Morgan fingerprint density at radius 1 is 1.00 bits per heavy atom. The van der Waals surface area contributed by atoms with Crippen molar-refractivity contribution in [1.82, 2.24) is 5.32 Å². The van der Waals surface area contributed by atoms with Crippen molar-refractivity contribution < 1.29 is 23.8 Å². The van der Waals surface area contributed by atoms with E-state index in [1.54, 1.807) is 39.3 Å². The minimum atomic E-state index is -0.514. The summed E-state index contributed by atoms with van der Waals surface area (Å²) >= 11 is 0. The van der Waals surface area contributed by atoms with Crippen molar-refractivity contribution in [2.24, 2.45) is 0 Å². The number of hydrogen-bond donors (Lipinski definition) is 3. The molecule has 8 nitrogen and oxygen atoms in total. The van der Waals surface area contributed by atoms with Crippen molar-refractivity contribution >= 4 is 23.4 Å². The Bertz CT molecular complexity index is 854. The lowest BCUT2D eigenvalue weighted by Gasteiger charge is -2.14. The first kappa shape index (κ1) is 21.9. The highest BCUT2D eigenvalue weighted by Crippen LogP contribution is 2.27. The standard InChI is InChI=1S/C21H27N3O5/c1-5-29-21(26)24-17-8-6-7-16(14(17)2)22-13-20(25)23-12-15-9-10-18(27-3)19(11-15)28-4/h6-11,22H,5,12-13H2,1-4H3,(H,23,25)(H,24,26). The molecule has 0 aliphatic rings. The second-order valence-corrected chi connectivity index (χ2v) is 6.14. The van der Waals surface area contributed by atoms with Crippen LogP contribution < -0.4 is 25.4 Å². The molecule has 0 bridgehead atoms. The van der Waals surface area contributed by atoms with Crippen molar-refractivity contribution in [2.75, 3.05) is 38.0 Å². The van der Waals surface area contributed by atoms with Gasteiger partial charge in [-0.15, -0.1) is 0 Å². The van der Waals surface area contributed by atoms with Gasteiger partial charge in [-0.05, 0) is 49.2 Å². The van der Waals surface area contributed by atoms with Crippen LogP contribution in [0.5, 0.6) is 11.5 Å². The number of carbonyl (C=O) groups is 2. The van der Waals surface area contributed by atoms with Crippen molar-refractivity contribution in [1.29, 1.82) is 0 Å². The molecule has 3 N–H and O–H groups in total. The molecule has 0 saturated carbocycles. The van der Waals surface area contributed by atoms with E-state index in [0.29, 0.717) is 30.3 Å². The first-order valence-corrected chi connectivity index (χ1v) is 9.23. The van der Waals surface area contributed by atoms with Crippen molar-refractivity contribution in [3.05, 3.63) is 47.5 Å². The summed E-state index contributed by atoms with van der Waals surface area (Å²) in [5.41, 5.74) is 3.08. The highest BCUT2D eigenvalue weighted by atomic mass is 16.5.